The molecular weight excluding hydrogens is 307 g/mol. The van der Waals surface area contributed by atoms with Crippen LogP contribution in [0.2, 0.25) is 15.1 Å². The summed E-state index contributed by atoms with van der Waals surface area (Å²) >= 11 is 20.6. The lowest BCUT2D eigenvalue weighted by Gasteiger charge is -2.03. The standard InChI is InChI=1S/C9H5Cl3N2S2/c1-4-13-9(16-14-4)15-8-3-6(11)5(10)2-7(8)12/h2-3H,1H3. The Balaban J connectivity index is 2.31. The zero-order valence-corrected chi connectivity index (χ0v) is 11.9. The van der Waals surface area contributed by atoms with Gasteiger partial charge >= 0.3 is 0 Å². The van der Waals surface area contributed by atoms with E-state index in [1.54, 1.807) is 12.1 Å². The maximum absolute atomic E-state index is 6.05. The highest BCUT2D eigenvalue weighted by atomic mass is 35.5. The number of halogens is 3. The Morgan fingerprint density at radius 3 is 2.44 bits per heavy atom. The summed E-state index contributed by atoms with van der Waals surface area (Å²) in [6.07, 6.45) is 0. The van der Waals surface area contributed by atoms with Gasteiger partial charge in [0, 0.05) is 4.90 Å². The van der Waals surface area contributed by atoms with Gasteiger partial charge in [-0.2, -0.15) is 4.37 Å². The zero-order valence-electron chi connectivity index (χ0n) is 8.00. The summed E-state index contributed by atoms with van der Waals surface area (Å²) in [4.78, 5) is 5.06. The number of rotatable bonds is 2. The molecule has 0 aliphatic rings. The average molecular weight is 312 g/mol. The third-order valence-corrected chi connectivity index (χ3v) is 4.73. The number of nitrogens with zero attached hydrogens (tertiary/aromatic N) is 2. The van der Waals surface area contributed by atoms with E-state index in [1.165, 1.54) is 23.3 Å². The molecule has 0 bridgehead atoms. The van der Waals surface area contributed by atoms with E-state index in [0.717, 1.165) is 15.1 Å². The Labute approximate surface area is 116 Å². The van der Waals surface area contributed by atoms with Crippen molar-refractivity contribution in [3.05, 3.63) is 33.0 Å². The first-order valence-electron chi connectivity index (χ1n) is 4.19. The smallest absolute Gasteiger partial charge is 0.174 e. The molecule has 2 rings (SSSR count). The van der Waals surface area contributed by atoms with Gasteiger partial charge in [-0.3, -0.25) is 0 Å². The molecule has 0 radical (unpaired) electrons. The Bertz CT molecular complexity index is 527. The summed E-state index contributed by atoms with van der Waals surface area (Å²) in [5.74, 6) is 0.753. The van der Waals surface area contributed by atoms with Gasteiger partial charge in [-0.05, 0) is 30.6 Å². The van der Waals surface area contributed by atoms with Crippen LogP contribution >= 0.6 is 58.1 Å². The third-order valence-electron chi connectivity index (χ3n) is 1.68. The summed E-state index contributed by atoms with van der Waals surface area (Å²) in [5.41, 5.74) is 0. The first-order valence-corrected chi connectivity index (χ1v) is 6.91. The Kier molecular flexibility index (Phi) is 3.97. The molecule has 1 aromatic heterocycles. The van der Waals surface area contributed by atoms with E-state index in [-0.39, 0.29) is 0 Å². The van der Waals surface area contributed by atoms with E-state index in [1.807, 2.05) is 6.92 Å². The van der Waals surface area contributed by atoms with Gasteiger partial charge < -0.3 is 0 Å². The van der Waals surface area contributed by atoms with Crippen LogP contribution in [0, 0.1) is 6.92 Å². The predicted molar refractivity (Wildman–Crippen MR) is 70.2 cm³/mol. The van der Waals surface area contributed by atoms with Gasteiger partial charge in [0.05, 0.1) is 15.1 Å². The normalized spacial score (nSPS) is 10.8. The third kappa shape index (κ3) is 2.81. The van der Waals surface area contributed by atoms with Crippen molar-refractivity contribution < 1.29 is 0 Å². The summed E-state index contributed by atoms with van der Waals surface area (Å²) in [7, 11) is 0. The van der Waals surface area contributed by atoms with Gasteiger partial charge in [-0.25, -0.2) is 4.98 Å². The monoisotopic (exact) mass is 310 g/mol. The van der Waals surface area contributed by atoms with Crippen LogP contribution in [-0.4, -0.2) is 9.36 Å². The molecule has 16 heavy (non-hydrogen) atoms. The molecule has 0 aliphatic carbocycles. The fourth-order valence-electron chi connectivity index (χ4n) is 0.996. The van der Waals surface area contributed by atoms with Crippen molar-refractivity contribution in [1.82, 2.24) is 9.36 Å². The molecule has 0 atom stereocenters. The van der Waals surface area contributed by atoms with Crippen molar-refractivity contribution in [3.63, 3.8) is 0 Å². The minimum Gasteiger partial charge on any atom is -0.213 e. The van der Waals surface area contributed by atoms with Crippen LogP contribution in [-0.2, 0) is 0 Å². The Hall–Kier alpha value is -0.000000000000000111. The van der Waals surface area contributed by atoms with E-state index in [2.05, 4.69) is 9.36 Å². The summed E-state index contributed by atoms with van der Waals surface area (Å²) in [5, 5.41) is 1.49. The average Bonchev–Trinajstić information content (AvgIpc) is 2.60. The van der Waals surface area contributed by atoms with Gasteiger partial charge in [-0.1, -0.05) is 46.6 Å². The number of aromatic nitrogens is 2. The molecule has 0 saturated heterocycles. The topological polar surface area (TPSA) is 25.8 Å². The summed E-state index contributed by atoms with van der Waals surface area (Å²) in [6, 6.07) is 3.36. The fraction of sp³-hybridized carbons (Fsp3) is 0.111. The highest BCUT2D eigenvalue weighted by Gasteiger charge is 2.10. The minimum atomic E-state index is 0.449. The summed E-state index contributed by atoms with van der Waals surface area (Å²) < 4.78 is 4.92. The molecule has 0 fully saturated rings. The van der Waals surface area contributed by atoms with Gasteiger partial charge in [0.25, 0.3) is 0 Å². The molecule has 1 heterocycles. The lowest BCUT2D eigenvalue weighted by Crippen LogP contribution is -1.78. The molecule has 0 unspecified atom stereocenters. The van der Waals surface area contributed by atoms with Crippen LogP contribution in [0.25, 0.3) is 0 Å². The SMILES string of the molecule is Cc1nsc(Sc2cc(Cl)c(Cl)cc2Cl)n1. The maximum Gasteiger partial charge on any atom is 0.174 e. The second-order valence-electron chi connectivity index (χ2n) is 2.91. The van der Waals surface area contributed by atoms with Crippen molar-refractivity contribution in [2.24, 2.45) is 0 Å². The van der Waals surface area contributed by atoms with Crippen LogP contribution in [0.4, 0.5) is 0 Å². The molecule has 2 nitrogen and oxygen atoms in total. The molecule has 1 aromatic carbocycles. The van der Waals surface area contributed by atoms with E-state index >= 15 is 0 Å². The van der Waals surface area contributed by atoms with Crippen LogP contribution in [0.5, 0.6) is 0 Å². The zero-order chi connectivity index (χ0) is 11.7. The number of aryl methyl sites for hydroxylation is 1. The molecule has 7 heteroatoms. The summed E-state index contributed by atoms with van der Waals surface area (Å²) in [6.45, 7) is 1.84. The lowest BCUT2D eigenvalue weighted by molar-refractivity contribution is 1.10. The van der Waals surface area contributed by atoms with Crippen LogP contribution in [0.15, 0.2) is 21.4 Å². The van der Waals surface area contributed by atoms with E-state index in [0.29, 0.717) is 15.1 Å². The van der Waals surface area contributed by atoms with Crippen molar-refractivity contribution >= 4 is 58.1 Å². The fourth-order valence-corrected chi connectivity index (χ4v) is 3.38. The highest BCUT2D eigenvalue weighted by Crippen LogP contribution is 2.38. The predicted octanol–water partition coefficient (Wildman–Crippen LogP) is 4.96. The van der Waals surface area contributed by atoms with E-state index in [9.17, 15) is 0 Å². The first-order chi connectivity index (χ1) is 7.56. The Morgan fingerprint density at radius 1 is 1.12 bits per heavy atom. The van der Waals surface area contributed by atoms with Crippen molar-refractivity contribution in [3.8, 4) is 0 Å². The molecule has 0 spiro atoms. The second-order valence-corrected chi connectivity index (χ2v) is 6.17. The number of hydrogen-bond donors (Lipinski definition) is 0. The first kappa shape index (κ1) is 12.5. The largest absolute Gasteiger partial charge is 0.213 e. The molecule has 2 aromatic rings. The van der Waals surface area contributed by atoms with Crippen molar-refractivity contribution in [2.75, 3.05) is 0 Å². The maximum atomic E-state index is 6.05. The van der Waals surface area contributed by atoms with Gasteiger partial charge in [0.1, 0.15) is 5.82 Å². The number of hydrogen-bond acceptors (Lipinski definition) is 4. The van der Waals surface area contributed by atoms with E-state index < -0.39 is 0 Å². The quantitative estimate of drug-likeness (QED) is 0.733. The van der Waals surface area contributed by atoms with E-state index in [4.69, 9.17) is 34.8 Å². The van der Waals surface area contributed by atoms with Crippen molar-refractivity contribution in [2.45, 2.75) is 16.2 Å². The molecule has 0 amide bonds. The minimum absolute atomic E-state index is 0.449. The molecule has 84 valence electrons. The number of benzene rings is 1. The van der Waals surface area contributed by atoms with Gasteiger partial charge in [-0.15, -0.1) is 0 Å². The molecule has 0 N–H and O–H groups in total. The molecular formula is C9H5Cl3N2S2. The van der Waals surface area contributed by atoms with Crippen LogP contribution in [0.1, 0.15) is 5.82 Å². The van der Waals surface area contributed by atoms with Crippen LogP contribution < -0.4 is 0 Å². The highest BCUT2D eigenvalue weighted by molar-refractivity contribution is 8.01. The Morgan fingerprint density at radius 2 is 1.81 bits per heavy atom. The van der Waals surface area contributed by atoms with Gasteiger partial charge in [0.15, 0.2) is 4.34 Å². The molecule has 0 aliphatic heterocycles. The lowest BCUT2D eigenvalue weighted by atomic mass is 10.4. The second kappa shape index (κ2) is 5.10. The van der Waals surface area contributed by atoms with Gasteiger partial charge in [0.2, 0.25) is 0 Å². The molecule has 0 saturated carbocycles. The van der Waals surface area contributed by atoms with Crippen LogP contribution in [0.3, 0.4) is 0 Å². The van der Waals surface area contributed by atoms with Crippen molar-refractivity contribution in [1.29, 1.82) is 0 Å².